The van der Waals surface area contributed by atoms with Crippen LogP contribution >= 0.6 is 0 Å². The molecule has 0 saturated carbocycles. The Morgan fingerprint density at radius 2 is 1.06 bits per heavy atom. The Morgan fingerprint density at radius 3 is 1.53 bits per heavy atom. The van der Waals surface area contributed by atoms with Crippen LogP contribution in [0.5, 0.6) is 0 Å². The number of nitrogens with zero attached hydrogens (tertiary/aromatic N) is 1. The van der Waals surface area contributed by atoms with E-state index < -0.39 is 5.60 Å². The molecule has 4 rings (SSSR count). The van der Waals surface area contributed by atoms with Gasteiger partial charge in [-0.15, -0.1) is 0 Å². The molecule has 32 heavy (non-hydrogen) atoms. The van der Waals surface area contributed by atoms with Gasteiger partial charge < -0.3 is 5.11 Å². The topological polar surface area (TPSA) is 32.6 Å². The summed E-state index contributed by atoms with van der Waals surface area (Å²) in [6.07, 6.45) is 0. The average molecular weight is 420 g/mol. The SMILES string of the molecule is Cc1ccc(C(O)(C(=Nc2c(C)cccc2C)c2ccccc2)c2ccc(C)cc2)cc1. The van der Waals surface area contributed by atoms with Gasteiger partial charge in [0, 0.05) is 0 Å². The first-order valence-corrected chi connectivity index (χ1v) is 11.0. The molecule has 0 spiro atoms. The number of hydrogen-bond acceptors (Lipinski definition) is 2. The molecule has 0 radical (unpaired) electrons. The van der Waals surface area contributed by atoms with Crippen LogP contribution in [0.2, 0.25) is 0 Å². The molecule has 0 bridgehead atoms. The summed E-state index contributed by atoms with van der Waals surface area (Å²) in [5.41, 5.74) is 7.01. The van der Waals surface area contributed by atoms with E-state index in [1.54, 1.807) is 0 Å². The van der Waals surface area contributed by atoms with Gasteiger partial charge >= 0.3 is 0 Å². The number of aryl methyl sites for hydroxylation is 4. The molecule has 4 aromatic rings. The molecule has 0 aliphatic carbocycles. The molecule has 0 aliphatic heterocycles. The minimum Gasteiger partial charge on any atom is -0.374 e. The molecule has 0 saturated heterocycles. The summed E-state index contributed by atoms with van der Waals surface area (Å²) in [5.74, 6) is 0. The summed E-state index contributed by atoms with van der Waals surface area (Å²) in [4.78, 5) is 5.16. The molecule has 2 nitrogen and oxygen atoms in total. The lowest BCUT2D eigenvalue weighted by Crippen LogP contribution is -2.38. The molecule has 160 valence electrons. The average Bonchev–Trinajstić information content (AvgIpc) is 2.80. The van der Waals surface area contributed by atoms with Gasteiger partial charge in [0.05, 0.1) is 11.4 Å². The van der Waals surface area contributed by atoms with Gasteiger partial charge in [-0.25, -0.2) is 4.99 Å². The van der Waals surface area contributed by atoms with Gasteiger partial charge in [0.15, 0.2) is 5.60 Å². The molecular formula is C30H29NO. The second-order valence-electron chi connectivity index (χ2n) is 8.51. The third-order valence-corrected chi connectivity index (χ3v) is 5.99. The summed E-state index contributed by atoms with van der Waals surface area (Å²) >= 11 is 0. The summed E-state index contributed by atoms with van der Waals surface area (Å²) in [6.45, 7) is 8.23. The fraction of sp³-hybridized carbons (Fsp3) is 0.167. The van der Waals surface area contributed by atoms with Gasteiger partial charge in [0.2, 0.25) is 0 Å². The van der Waals surface area contributed by atoms with Crippen LogP contribution in [0.1, 0.15) is 38.9 Å². The van der Waals surface area contributed by atoms with Gasteiger partial charge in [-0.2, -0.15) is 0 Å². The van der Waals surface area contributed by atoms with Crippen LogP contribution in [0.15, 0.2) is 102 Å². The van der Waals surface area contributed by atoms with E-state index >= 15 is 0 Å². The lowest BCUT2D eigenvalue weighted by molar-refractivity contribution is 0.156. The quantitative estimate of drug-likeness (QED) is 0.348. The second kappa shape index (κ2) is 8.94. The molecule has 0 unspecified atom stereocenters. The Hall–Kier alpha value is -3.49. The predicted molar refractivity (Wildman–Crippen MR) is 134 cm³/mol. The third kappa shape index (κ3) is 4.15. The Morgan fingerprint density at radius 1 is 0.594 bits per heavy atom. The number of benzene rings is 4. The number of aliphatic hydroxyl groups is 1. The lowest BCUT2D eigenvalue weighted by Gasteiger charge is -2.32. The van der Waals surface area contributed by atoms with Crippen molar-refractivity contribution in [3.05, 3.63) is 136 Å². The molecule has 0 aliphatic rings. The number of rotatable bonds is 5. The summed E-state index contributed by atoms with van der Waals surface area (Å²) in [7, 11) is 0. The maximum Gasteiger partial charge on any atom is 0.157 e. The zero-order chi connectivity index (χ0) is 22.7. The van der Waals surface area contributed by atoms with E-state index in [2.05, 4.69) is 39.8 Å². The molecule has 0 heterocycles. The first kappa shape index (κ1) is 21.7. The standard InChI is InChI=1S/C30H29NO/c1-21-13-17-26(18-14-21)30(32,27-19-15-22(2)16-20-27)29(25-11-6-5-7-12-25)31-28-23(3)9-8-10-24(28)4/h5-20,32H,1-4H3. The van der Waals surface area contributed by atoms with Crippen molar-refractivity contribution in [1.29, 1.82) is 0 Å². The maximum atomic E-state index is 12.6. The Balaban J connectivity index is 2.07. The van der Waals surface area contributed by atoms with E-state index in [1.807, 2.05) is 84.9 Å². The van der Waals surface area contributed by atoms with Crippen LogP contribution in [0.4, 0.5) is 5.69 Å². The van der Waals surface area contributed by atoms with Crippen molar-refractivity contribution in [2.24, 2.45) is 4.99 Å². The van der Waals surface area contributed by atoms with Crippen LogP contribution in [0.25, 0.3) is 0 Å². The molecule has 0 fully saturated rings. The van der Waals surface area contributed by atoms with Crippen molar-refractivity contribution < 1.29 is 5.11 Å². The van der Waals surface area contributed by atoms with Crippen LogP contribution in [-0.2, 0) is 5.60 Å². The summed E-state index contributed by atoms with van der Waals surface area (Å²) in [5, 5.41) is 12.6. The highest BCUT2D eigenvalue weighted by Crippen LogP contribution is 2.37. The van der Waals surface area contributed by atoms with Gasteiger partial charge in [-0.1, -0.05) is 108 Å². The fourth-order valence-corrected chi connectivity index (χ4v) is 4.07. The fourth-order valence-electron chi connectivity index (χ4n) is 4.07. The number of hydrogen-bond donors (Lipinski definition) is 1. The van der Waals surface area contributed by atoms with Gasteiger partial charge in [-0.3, -0.25) is 0 Å². The van der Waals surface area contributed by atoms with Crippen LogP contribution < -0.4 is 0 Å². The highest BCUT2D eigenvalue weighted by atomic mass is 16.3. The van der Waals surface area contributed by atoms with Crippen molar-refractivity contribution in [3.8, 4) is 0 Å². The summed E-state index contributed by atoms with van der Waals surface area (Å²) in [6, 6.07) is 32.3. The highest BCUT2D eigenvalue weighted by Gasteiger charge is 2.38. The van der Waals surface area contributed by atoms with Gasteiger partial charge in [0.25, 0.3) is 0 Å². The molecule has 0 aromatic heterocycles. The molecular weight excluding hydrogens is 390 g/mol. The molecule has 0 atom stereocenters. The van der Waals surface area contributed by atoms with Crippen molar-refractivity contribution in [1.82, 2.24) is 0 Å². The highest BCUT2D eigenvalue weighted by molar-refractivity contribution is 6.10. The van der Waals surface area contributed by atoms with E-state index in [0.29, 0.717) is 5.71 Å². The van der Waals surface area contributed by atoms with Gasteiger partial charge in [0.1, 0.15) is 0 Å². The lowest BCUT2D eigenvalue weighted by atomic mass is 9.79. The number of para-hydroxylation sites is 1. The van der Waals surface area contributed by atoms with Crippen molar-refractivity contribution in [3.63, 3.8) is 0 Å². The normalized spacial score (nSPS) is 12.1. The number of aliphatic imine (C=N–C) groups is 1. The van der Waals surface area contributed by atoms with E-state index in [-0.39, 0.29) is 0 Å². The van der Waals surface area contributed by atoms with Crippen molar-refractivity contribution in [2.45, 2.75) is 33.3 Å². The molecule has 0 amide bonds. The Labute approximate surface area is 190 Å². The maximum absolute atomic E-state index is 12.6. The third-order valence-electron chi connectivity index (χ3n) is 5.99. The minimum atomic E-state index is -1.42. The minimum absolute atomic E-state index is 0.614. The Kier molecular flexibility index (Phi) is 6.07. The summed E-state index contributed by atoms with van der Waals surface area (Å²) < 4.78 is 0. The molecule has 1 N–H and O–H groups in total. The van der Waals surface area contributed by atoms with Crippen molar-refractivity contribution in [2.75, 3.05) is 0 Å². The van der Waals surface area contributed by atoms with E-state index in [0.717, 1.165) is 44.6 Å². The van der Waals surface area contributed by atoms with Crippen molar-refractivity contribution >= 4 is 11.4 Å². The first-order chi connectivity index (χ1) is 15.4. The van der Waals surface area contributed by atoms with E-state index in [4.69, 9.17) is 4.99 Å². The zero-order valence-corrected chi connectivity index (χ0v) is 19.1. The molecule has 4 aromatic carbocycles. The zero-order valence-electron chi connectivity index (χ0n) is 19.1. The smallest absolute Gasteiger partial charge is 0.157 e. The first-order valence-electron chi connectivity index (χ1n) is 11.0. The van der Waals surface area contributed by atoms with E-state index in [1.165, 1.54) is 0 Å². The molecule has 2 heteroatoms. The second-order valence-corrected chi connectivity index (χ2v) is 8.51. The largest absolute Gasteiger partial charge is 0.374 e. The van der Waals surface area contributed by atoms with E-state index in [9.17, 15) is 5.11 Å². The predicted octanol–water partition coefficient (Wildman–Crippen LogP) is 6.98. The van der Waals surface area contributed by atoms with Crippen LogP contribution in [0.3, 0.4) is 0 Å². The Bertz CT molecular complexity index is 1170. The van der Waals surface area contributed by atoms with Crippen LogP contribution in [0, 0.1) is 27.7 Å². The van der Waals surface area contributed by atoms with Gasteiger partial charge in [-0.05, 0) is 55.5 Å². The van der Waals surface area contributed by atoms with Crippen LogP contribution in [-0.4, -0.2) is 10.8 Å². The monoisotopic (exact) mass is 419 g/mol.